The number of fused-ring (bicyclic) bond motifs is 2. The van der Waals surface area contributed by atoms with Crippen molar-refractivity contribution in [1.82, 2.24) is 24.3 Å². The summed E-state index contributed by atoms with van der Waals surface area (Å²) in [7, 11) is 0. The molecule has 0 aliphatic rings. The van der Waals surface area contributed by atoms with Gasteiger partial charge in [0.2, 0.25) is 0 Å². The van der Waals surface area contributed by atoms with Gasteiger partial charge in [-0.3, -0.25) is 4.40 Å². The highest BCUT2D eigenvalue weighted by Crippen LogP contribution is 2.31. The molecule has 0 saturated heterocycles. The Morgan fingerprint density at radius 1 is 0.929 bits per heavy atom. The molecule has 0 atom stereocenters. The normalized spacial score (nSPS) is 11.5. The maximum absolute atomic E-state index is 6.41. The van der Waals surface area contributed by atoms with Crippen LogP contribution in [0.2, 0.25) is 15.2 Å². The van der Waals surface area contributed by atoms with Crippen molar-refractivity contribution >= 4 is 51.6 Å². The zero-order chi connectivity index (χ0) is 19.3. The monoisotopic (exact) mass is 427 g/mol. The second-order valence-corrected chi connectivity index (χ2v) is 7.59. The van der Waals surface area contributed by atoms with Gasteiger partial charge in [-0.2, -0.15) is 0 Å². The number of nitrogens with one attached hydrogen (secondary N) is 1. The maximum atomic E-state index is 6.41. The third-order valence-electron chi connectivity index (χ3n) is 4.46. The summed E-state index contributed by atoms with van der Waals surface area (Å²) in [6.45, 7) is 0. The van der Waals surface area contributed by atoms with Gasteiger partial charge in [0, 0.05) is 23.2 Å². The topological polar surface area (TPSA) is 58.9 Å². The first-order valence-electron chi connectivity index (χ1n) is 8.50. The van der Waals surface area contributed by atoms with Gasteiger partial charge in [0.05, 0.1) is 21.9 Å². The van der Waals surface area contributed by atoms with Gasteiger partial charge in [0.1, 0.15) is 16.6 Å². The first-order chi connectivity index (χ1) is 13.6. The Labute approximate surface area is 174 Å². The van der Waals surface area contributed by atoms with Gasteiger partial charge >= 0.3 is 0 Å². The number of hydrogen-bond donors (Lipinski definition) is 1. The second-order valence-electron chi connectivity index (χ2n) is 6.36. The van der Waals surface area contributed by atoms with Crippen LogP contribution >= 0.6 is 34.8 Å². The fourth-order valence-corrected chi connectivity index (χ4v) is 3.89. The molecular weight excluding hydrogens is 417 g/mol. The number of aromatic amines is 1. The predicted molar refractivity (Wildman–Crippen MR) is 112 cm³/mol. The van der Waals surface area contributed by atoms with Crippen molar-refractivity contribution in [2.75, 3.05) is 0 Å². The molecule has 1 N–H and O–H groups in total. The lowest BCUT2D eigenvalue weighted by atomic mass is 10.1. The molecule has 0 saturated carbocycles. The zero-order valence-corrected chi connectivity index (χ0v) is 16.6. The number of nitrogens with zero attached hydrogens (tertiary/aromatic N) is 4. The number of rotatable bonds is 3. The highest BCUT2D eigenvalue weighted by molar-refractivity contribution is 6.36. The molecule has 4 heterocycles. The van der Waals surface area contributed by atoms with Gasteiger partial charge in [-0.1, -0.05) is 40.9 Å². The summed E-state index contributed by atoms with van der Waals surface area (Å²) in [6.07, 6.45) is 2.53. The molecule has 5 rings (SSSR count). The molecule has 0 amide bonds. The highest BCUT2D eigenvalue weighted by atomic mass is 35.5. The number of halogens is 3. The molecular formula is C20H12Cl3N5. The third kappa shape index (κ3) is 3.11. The molecule has 0 radical (unpaired) electrons. The lowest BCUT2D eigenvalue weighted by molar-refractivity contribution is 1.00. The summed E-state index contributed by atoms with van der Waals surface area (Å²) in [5.41, 5.74) is 4.98. The van der Waals surface area contributed by atoms with E-state index in [1.165, 1.54) is 0 Å². The van der Waals surface area contributed by atoms with Crippen LogP contribution in [0.4, 0.5) is 0 Å². The van der Waals surface area contributed by atoms with Crippen LogP contribution < -0.4 is 0 Å². The maximum Gasteiger partial charge on any atom is 0.179 e. The van der Waals surface area contributed by atoms with Crippen molar-refractivity contribution in [2.45, 2.75) is 6.42 Å². The minimum atomic E-state index is 0.419. The molecule has 1 aromatic carbocycles. The summed E-state index contributed by atoms with van der Waals surface area (Å²) in [6, 6.07) is 15.0. The standard InChI is InChI=1S/C20H12Cl3N5/c21-11-4-5-13(14(22)8-11)16-2-1-3-19-24-12(10-28(16)19)9-18-25-15-6-7-17(23)26-20(15)27-18/h1-8,10H,9H2,(H,25,26,27). The molecule has 0 aliphatic carbocycles. The number of benzene rings is 1. The van der Waals surface area contributed by atoms with Gasteiger partial charge in [0.25, 0.3) is 0 Å². The van der Waals surface area contributed by atoms with E-state index in [4.69, 9.17) is 39.8 Å². The molecule has 0 fully saturated rings. The molecule has 5 aromatic rings. The summed E-state index contributed by atoms with van der Waals surface area (Å²) >= 11 is 18.4. The van der Waals surface area contributed by atoms with Crippen LogP contribution in [0.15, 0.2) is 54.7 Å². The van der Waals surface area contributed by atoms with Gasteiger partial charge in [-0.05, 0) is 42.5 Å². The van der Waals surface area contributed by atoms with E-state index in [1.807, 2.05) is 47.0 Å². The summed E-state index contributed by atoms with van der Waals surface area (Å²) < 4.78 is 2.02. The fourth-order valence-electron chi connectivity index (χ4n) is 3.24. The fraction of sp³-hybridized carbons (Fsp3) is 0.0500. The number of imidazole rings is 2. The average molecular weight is 429 g/mol. The minimum absolute atomic E-state index is 0.419. The van der Waals surface area contributed by atoms with E-state index >= 15 is 0 Å². The second kappa shape index (κ2) is 6.78. The van der Waals surface area contributed by atoms with E-state index in [0.717, 1.165) is 33.9 Å². The summed E-state index contributed by atoms with van der Waals surface area (Å²) in [5.74, 6) is 0.777. The molecule has 28 heavy (non-hydrogen) atoms. The Hall–Kier alpha value is -2.60. The van der Waals surface area contributed by atoms with Crippen LogP contribution in [0.5, 0.6) is 0 Å². The lowest BCUT2D eigenvalue weighted by Gasteiger charge is -2.07. The molecule has 0 unspecified atom stereocenters. The van der Waals surface area contributed by atoms with Crippen molar-refractivity contribution in [3.63, 3.8) is 0 Å². The largest absolute Gasteiger partial charge is 0.340 e. The van der Waals surface area contributed by atoms with E-state index in [2.05, 4.69) is 15.0 Å². The molecule has 5 nitrogen and oxygen atoms in total. The van der Waals surface area contributed by atoms with E-state index in [0.29, 0.717) is 27.3 Å². The Bertz CT molecular complexity index is 1340. The van der Waals surface area contributed by atoms with E-state index in [1.54, 1.807) is 12.1 Å². The van der Waals surface area contributed by atoms with Gasteiger partial charge in [-0.25, -0.2) is 15.0 Å². The van der Waals surface area contributed by atoms with Crippen LogP contribution in [0.25, 0.3) is 28.1 Å². The van der Waals surface area contributed by atoms with Crippen LogP contribution in [0.1, 0.15) is 11.5 Å². The van der Waals surface area contributed by atoms with Crippen LogP contribution in [-0.4, -0.2) is 24.3 Å². The molecule has 0 aliphatic heterocycles. The van der Waals surface area contributed by atoms with Gasteiger partial charge in [0.15, 0.2) is 5.65 Å². The Morgan fingerprint density at radius 3 is 2.68 bits per heavy atom. The third-order valence-corrected chi connectivity index (χ3v) is 5.22. The summed E-state index contributed by atoms with van der Waals surface area (Å²) in [5, 5.41) is 1.61. The average Bonchev–Trinajstić information content (AvgIpc) is 3.24. The predicted octanol–water partition coefficient (Wildman–Crippen LogP) is 5.82. The zero-order valence-electron chi connectivity index (χ0n) is 14.3. The van der Waals surface area contributed by atoms with Crippen molar-refractivity contribution in [3.8, 4) is 11.3 Å². The molecule has 4 aromatic heterocycles. The van der Waals surface area contributed by atoms with E-state index < -0.39 is 0 Å². The number of hydrogen-bond acceptors (Lipinski definition) is 3. The minimum Gasteiger partial charge on any atom is -0.340 e. The van der Waals surface area contributed by atoms with E-state index in [9.17, 15) is 0 Å². The molecule has 138 valence electrons. The number of pyridine rings is 2. The quantitative estimate of drug-likeness (QED) is 0.368. The smallest absolute Gasteiger partial charge is 0.179 e. The van der Waals surface area contributed by atoms with Crippen molar-refractivity contribution in [1.29, 1.82) is 0 Å². The Kier molecular flexibility index (Phi) is 4.23. The van der Waals surface area contributed by atoms with Gasteiger partial charge in [-0.15, -0.1) is 0 Å². The van der Waals surface area contributed by atoms with Crippen molar-refractivity contribution < 1.29 is 0 Å². The van der Waals surface area contributed by atoms with Crippen molar-refractivity contribution in [2.24, 2.45) is 0 Å². The van der Waals surface area contributed by atoms with E-state index in [-0.39, 0.29) is 0 Å². The van der Waals surface area contributed by atoms with Crippen LogP contribution in [0, 0.1) is 0 Å². The first kappa shape index (κ1) is 17.5. The van der Waals surface area contributed by atoms with Crippen molar-refractivity contribution in [3.05, 3.63) is 81.4 Å². The number of H-pyrrole nitrogens is 1. The molecule has 0 bridgehead atoms. The Morgan fingerprint density at radius 2 is 1.82 bits per heavy atom. The highest BCUT2D eigenvalue weighted by Gasteiger charge is 2.12. The molecule has 0 spiro atoms. The SMILES string of the molecule is Clc1ccc(-c2cccc3nc(Cc4nc5nc(Cl)ccc5[nH]4)cn23)c(Cl)c1. The van der Waals surface area contributed by atoms with Crippen LogP contribution in [-0.2, 0) is 6.42 Å². The first-order valence-corrected chi connectivity index (χ1v) is 9.64. The lowest BCUT2D eigenvalue weighted by Crippen LogP contribution is -1.91. The Balaban J connectivity index is 1.56. The van der Waals surface area contributed by atoms with Gasteiger partial charge < -0.3 is 4.98 Å². The number of aromatic nitrogens is 5. The molecule has 8 heteroatoms. The van der Waals surface area contributed by atoms with Crippen LogP contribution in [0.3, 0.4) is 0 Å². The summed E-state index contributed by atoms with van der Waals surface area (Å²) in [4.78, 5) is 16.7.